The molecule has 0 saturated heterocycles. The molecule has 0 amide bonds. The minimum Gasteiger partial charge on any atom is -0.388 e. The van der Waals surface area contributed by atoms with Gasteiger partial charge in [0.1, 0.15) is 0 Å². The van der Waals surface area contributed by atoms with Crippen molar-refractivity contribution >= 4 is 22.2 Å². The Hall–Kier alpha value is -2.61. The van der Waals surface area contributed by atoms with Crippen LogP contribution in [0.5, 0.6) is 0 Å². The van der Waals surface area contributed by atoms with E-state index >= 15 is 0 Å². The van der Waals surface area contributed by atoms with Crippen LogP contribution in [0.4, 0.5) is 5.69 Å². The fraction of sp³-hybridized carbons (Fsp3) is 0.105. The number of Topliss-reactive ketones (excluding diaryl/α,β-unsaturated/α-hetero) is 1. The highest BCUT2D eigenvalue weighted by atomic mass is 16.1. The summed E-state index contributed by atoms with van der Waals surface area (Å²) in [4.78, 5) is 12.5. The molecule has 3 rings (SSSR count). The van der Waals surface area contributed by atoms with Crippen molar-refractivity contribution in [3.05, 3.63) is 77.9 Å². The Balaban J connectivity index is 1.89. The molecule has 0 saturated carbocycles. The Morgan fingerprint density at radius 1 is 0.905 bits per heavy atom. The third kappa shape index (κ3) is 2.79. The van der Waals surface area contributed by atoms with E-state index in [4.69, 9.17) is 0 Å². The lowest BCUT2D eigenvalue weighted by atomic mass is 9.99. The lowest BCUT2D eigenvalue weighted by Gasteiger charge is -2.08. The third-order valence-electron chi connectivity index (χ3n) is 3.68. The third-order valence-corrected chi connectivity index (χ3v) is 3.68. The van der Waals surface area contributed by atoms with Gasteiger partial charge in [0, 0.05) is 24.7 Å². The van der Waals surface area contributed by atoms with Crippen molar-refractivity contribution < 1.29 is 4.79 Å². The molecule has 0 aromatic heterocycles. The summed E-state index contributed by atoms with van der Waals surface area (Å²) >= 11 is 0. The number of anilines is 1. The fourth-order valence-electron chi connectivity index (χ4n) is 2.57. The molecule has 0 bridgehead atoms. The summed E-state index contributed by atoms with van der Waals surface area (Å²) in [5.74, 6) is 0.134. The largest absolute Gasteiger partial charge is 0.388 e. The Morgan fingerprint density at radius 3 is 2.43 bits per heavy atom. The molecule has 0 atom stereocenters. The lowest BCUT2D eigenvalue weighted by molar-refractivity contribution is 0.0994. The number of rotatable bonds is 4. The van der Waals surface area contributed by atoms with Crippen LogP contribution in [0.3, 0.4) is 0 Å². The van der Waals surface area contributed by atoms with Gasteiger partial charge in [0.15, 0.2) is 5.78 Å². The van der Waals surface area contributed by atoms with Gasteiger partial charge in [-0.2, -0.15) is 0 Å². The maximum atomic E-state index is 12.5. The predicted octanol–water partition coefficient (Wildman–Crippen LogP) is 4.31. The molecule has 0 fully saturated rings. The van der Waals surface area contributed by atoms with Crippen LogP contribution in [0.1, 0.15) is 15.9 Å². The topological polar surface area (TPSA) is 29.1 Å². The second kappa shape index (κ2) is 5.80. The molecule has 0 aliphatic heterocycles. The standard InChI is InChI=1S/C19H17NO/c1-20-18-9-5-4-8-17(18)19(21)13-14-10-11-15-6-2-3-7-16(15)12-14/h2-12,20H,13H2,1H3. The van der Waals surface area contributed by atoms with Crippen molar-refractivity contribution in [3.8, 4) is 0 Å². The van der Waals surface area contributed by atoms with E-state index in [0.29, 0.717) is 6.42 Å². The van der Waals surface area contributed by atoms with Crippen molar-refractivity contribution in [1.29, 1.82) is 0 Å². The first-order valence-electron chi connectivity index (χ1n) is 7.05. The molecule has 3 aromatic rings. The van der Waals surface area contributed by atoms with Gasteiger partial charge in [-0.1, -0.05) is 54.6 Å². The van der Waals surface area contributed by atoms with Crippen LogP contribution in [0.15, 0.2) is 66.7 Å². The number of carbonyl (C=O) groups excluding carboxylic acids is 1. The number of hydrogen-bond acceptors (Lipinski definition) is 2. The van der Waals surface area contributed by atoms with E-state index in [0.717, 1.165) is 16.8 Å². The maximum absolute atomic E-state index is 12.5. The summed E-state index contributed by atoms with van der Waals surface area (Å²) in [5.41, 5.74) is 2.67. The molecule has 104 valence electrons. The number of fused-ring (bicyclic) bond motifs is 1. The highest BCUT2D eigenvalue weighted by molar-refractivity contribution is 6.02. The molecule has 0 aliphatic rings. The Bertz CT molecular complexity index is 792. The first-order valence-corrected chi connectivity index (χ1v) is 7.05. The first kappa shape index (κ1) is 13.4. The molecule has 0 spiro atoms. The van der Waals surface area contributed by atoms with Crippen LogP contribution >= 0.6 is 0 Å². The van der Waals surface area contributed by atoms with Crippen LogP contribution in [0.2, 0.25) is 0 Å². The van der Waals surface area contributed by atoms with Gasteiger partial charge in [0.25, 0.3) is 0 Å². The molecule has 0 unspecified atom stereocenters. The zero-order valence-electron chi connectivity index (χ0n) is 12.0. The van der Waals surface area contributed by atoms with Gasteiger partial charge in [-0.3, -0.25) is 4.79 Å². The van der Waals surface area contributed by atoms with E-state index in [2.05, 4.69) is 29.6 Å². The molecule has 21 heavy (non-hydrogen) atoms. The first-order chi connectivity index (χ1) is 10.3. The monoisotopic (exact) mass is 275 g/mol. The summed E-state index contributed by atoms with van der Waals surface area (Å²) in [6.07, 6.45) is 0.420. The molecule has 2 nitrogen and oxygen atoms in total. The number of para-hydroxylation sites is 1. The molecule has 1 N–H and O–H groups in total. The quantitative estimate of drug-likeness (QED) is 0.719. The van der Waals surface area contributed by atoms with Crippen LogP contribution < -0.4 is 5.32 Å². The summed E-state index contributed by atoms with van der Waals surface area (Å²) in [7, 11) is 1.84. The fourth-order valence-corrected chi connectivity index (χ4v) is 2.57. The van der Waals surface area contributed by atoms with Crippen molar-refractivity contribution in [2.75, 3.05) is 12.4 Å². The van der Waals surface area contributed by atoms with Gasteiger partial charge in [-0.25, -0.2) is 0 Å². The molecule has 3 aromatic carbocycles. The van der Waals surface area contributed by atoms with E-state index in [1.165, 1.54) is 10.8 Å². The van der Waals surface area contributed by atoms with Crippen LogP contribution in [-0.2, 0) is 6.42 Å². The smallest absolute Gasteiger partial charge is 0.169 e. The van der Waals surface area contributed by atoms with Crippen LogP contribution in [0.25, 0.3) is 10.8 Å². The summed E-state index contributed by atoms with van der Waals surface area (Å²) in [5, 5.41) is 5.44. The van der Waals surface area contributed by atoms with Crippen molar-refractivity contribution in [1.82, 2.24) is 0 Å². The lowest BCUT2D eigenvalue weighted by Crippen LogP contribution is -2.06. The van der Waals surface area contributed by atoms with Gasteiger partial charge in [-0.15, -0.1) is 0 Å². The summed E-state index contributed by atoms with van der Waals surface area (Å²) < 4.78 is 0. The van der Waals surface area contributed by atoms with Crippen LogP contribution in [0, 0.1) is 0 Å². The predicted molar refractivity (Wildman–Crippen MR) is 88.0 cm³/mol. The van der Waals surface area contributed by atoms with Gasteiger partial charge < -0.3 is 5.32 Å². The number of nitrogens with one attached hydrogen (secondary N) is 1. The number of benzene rings is 3. The molecule has 0 aliphatic carbocycles. The van der Waals surface area contributed by atoms with E-state index in [-0.39, 0.29) is 5.78 Å². The van der Waals surface area contributed by atoms with E-state index in [1.807, 2.05) is 49.5 Å². The minimum atomic E-state index is 0.134. The normalized spacial score (nSPS) is 10.5. The highest BCUT2D eigenvalue weighted by Crippen LogP contribution is 2.20. The summed E-state index contributed by atoms with van der Waals surface area (Å²) in [6, 6.07) is 22.0. The number of hydrogen-bond donors (Lipinski definition) is 1. The van der Waals surface area contributed by atoms with E-state index in [1.54, 1.807) is 0 Å². The van der Waals surface area contributed by atoms with E-state index in [9.17, 15) is 4.79 Å². The summed E-state index contributed by atoms with van der Waals surface area (Å²) in [6.45, 7) is 0. The van der Waals surface area contributed by atoms with Gasteiger partial charge in [0.05, 0.1) is 0 Å². The van der Waals surface area contributed by atoms with Gasteiger partial charge in [0.2, 0.25) is 0 Å². The highest BCUT2D eigenvalue weighted by Gasteiger charge is 2.11. The molecule has 0 heterocycles. The van der Waals surface area contributed by atoms with Crippen molar-refractivity contribution in [3.63, 3.8) is 0 Å². The van der Waals surface area contributed by atoms with Gasteiger partial charge in [-0.05, 0) is 28.5 Å². The molecular formula is C19H17NO. The average Bonchev–Trinajstić information content (AvgIpc) is 2.54. The van der Waals surface area contributed by atoms with Crippen molar-refractivity contribution in [2.24, 2.45) is 0 Å². The Morgan fingerprint density at radius 2 is 1.62 bits per heavy atom. The van der Waals surface area contributed by atoms with Gasteiger partial charge >= 0.3 is 0 Å². The minimum absolute atomic E-state index is 0.134. The molecule has 2 heteroatoms. The van der Waals surface area contributed by atoms with Crippen molar-refractivity contribution in [2.45, 2.75) is 6.42 Å². The Labute approximate surface area is 124 Å². The zero-order valence-corrected chi connectivity index (χ0v) is 12.0. The molecule has 0 radical (unpaired) electrons. The Kier molecular flexibility index (Phi) is 3.69. The van der Waals surface area contributed by atoms with E-state index < -0.39 is 0 Å². The number of carbonyl (C=O) groups is 1. The SMILES string of the molecule is CNc1ccccc1C(=O)Cc1ccc2ccccc2c1. The second-order valence-electron chi connectivity index (χ2n) is 5.08. The molecular weight excluding hydrogens is 258 g/mol. The zero-order chi connectivity index (χ0) is 14.7. The maximum Gasteiger partial charge on any atom is 0.169 e. The second-order valence-corrected chi connectivity index (χ2v) is 5.08. The average molecular weight is 275 g/mol. The van der Waals surface area contributed by atoms with Crippen LogP contribution in [-0.4, -0.2) is 12.8 Å². The number of ketones is 1.